The molecule has 5 heteroatoms. The molecule has 2 rings (SSSR count). The molecule has 0 aromatic carbocycles. The average molecular weight is 180 g/mol. The number of hydrogen-bond acceptors (Lipinski definition) is 5. The van der Waals surface area contributed by atoms with Crippen LogP contribution in [0.25, 0.3) is 10.3 Å². The van der Waals surface area contributed by atoms with Crippen molar-refractivity contribution in [3.63, 3.8) is 0 Å². The number of fused-ring (bicyclic) bond motifs is 1. The van der Waals surface area contributed by atoms with E-state index >= 15 is 0 Å². The summed E-state index contributed by atoms with van der Waals surface area (Å²) in [5, 5.41) is 12.0. The van der Waals surface area contributed by atoms with Gasteiger partial charge in [0, 0.05) is 11.5 Å². The molecule has 0 bridgehead atoms. The highest BCUT2D eigenvalue weighted by Crippen LogP contribution is 2.16. The van der Waals surface area contributed by atoms with E-state index in [1.807, 2.05) is 6.07 Å². The van der Waals surface area contributed by atoms with Crippen LogP contribution in [0.4, 0.5) is 0 Å². The minimum Gasteiger partial charge on any atom is -0.154 e. The Morgan fingerprint density at radius 3 is 2.83 bits per heavy atom. The van der Waals surface area contributed by atoms with Gasteiger partial charge in [0.25, 0.3) is 0 Å². The third-order valence-corrected chi connectivity index (χ3v) is 2.25. The number of hydrogen-bond donors (Lipinski definition) is 0. The van der Waals surface area contributed by atoms with Crippen molar-refractivity contribution >= 4 is 21.9 Å². The predicted octanol–water partition coefficient (Wildman–Crippen LogP) is 1.60. The van der Waals surface area contributed by atoms with Gasteiger partial charge in [0.15, 0.2) is 4.83 Å². The van der Waals surface area contributed by atoms with Crippen LogP contribution in [-0.4, -0.2) is 19.8 Å². The standard InChI is InChI=1S/C7H8N4S/c1-4(2)5-3-6-7(10-8-5)12-11-9-6/h3-4H,1-2H3. The highest BCUT2D eigenvalue weighted by atomic mass is 32.1. The fourth-order valence-electron chi connectivity index (χ4n) is 0.907. The number of nitrogens with zero attached hydrogens (tertiary/aromatic N) is 4. The summed E-state index contributed by atoms with van der Waals surface area (Å²) in [7, 11) is 0. The summed E-state index contributed by atoms with van der Waals surface area (Å²) in [6, 6.07) is 1.94. The maximum Gasteiger partial charge on any atom is 0.186 e. The normalized spacial score (nSPS) is 11.2. The zero-order chi connectivity index (χ0) is 8.55. The summed E-state index contributed by atoms with van der Waals surface area (Å²) in [4.78, 5) is 0.805. The maximum atomic E-state index is 4.06. The largest absolute Gasteiger partial charge is 0.186 e. The third-order valence-electron chi connectivity index (χ3n) is 1.63. The molecule has 0 saturated heterocycles. The van der Waals surface area contributed by atoms with Crippen molar-refractivity contribution in [3.8, 4) is 0 Å². The molecule has 0 unspecified atom stereocenters. The lowest BCUT2D eigenvalue weighted by atomic mass is 10.1. The van der Waals surface area contributed by atoms with E-state index in [-0.39, 0.29) is 0 Å². The van der Waals surface area contributed by atoms with Crippen LogP contribution in [0.5, 0.6) is 0 Å². The molecule has 4 nitrogen and oxygen atoms in total. The Balaban J connectivity index is 2.60. The Morgan fingerprint density at radius 2 is 2.08 bits per heavy atom. The van der Waals surface area contributed by atoms with Gasteiger partial charge in [0.05, 0.1) is 5.69 Å². The van der Waals surface area contributed by atoms with Gasteiger partial charge in [0.1, 0.15) is 5.52 Å². The van der Waals surface area contributed by atoms with Crippen molar-refractivity contribution in [3.05, 3.63) is 11.8 Å². The predicted molar refractivity (Wildman–Crippen MR) is 47.1 cm³/mol. The molecule has 12 heavy (non-hydrogen) atoms. The molecule has 0 aliphatic heterocycles. The second-order valence-corrected chi connectivity index (χ2v) is 3.62. The van der Waals surface area contributed by atoms with Gasteiger partial charge < -0.3 is 0 Å². The van der Waals surface area contributed by atoms with Gasteiger partial charge in [-0.05, 0) is 12.0 Å². The first-order chi connectivity index (χ1) is 5.77. The van der Waals surface area contributed by atoms with Crippen molar-refractivity contribution in [1.29, 1.82) is 0 Å². The fraction of sp³-hybridized carbons (Fsp3) is 0.429. The average Bonchev–Trinajstić information content (AvgIpc) is 2.49. The van der Waals surface area contributed by atoms with Crippen LogP contribution in [0, 0.1) is 0 Å². The van der Waals surface area contributed by atoms with Crippen LogP contribution in [-0.2, 0) is 0 Å². The molecule has 0 saturated carbocycles. The Morgan fingerprint density at radius 1 is 1.25 bits per heavy atom. The van der Waals surface area contributed by atoms with Crippen molar-refractivity contribution in [2.24, 2.45) is 0 Å². The van der Waals surface area contributed by atoms with E-state index in [1.54, 1.807) is 0 Å². The van der Waals surface area contributed by atoms with E-state index in [0.717, 1.165) is 16.0 Å². The first-order valence-corrected chi connectivity index (χ1v) is 4.50. The number of rotatable bonds is 1. The second kappa shape index (κ2) is 2.75. The first kappa shape index (κ1) is 7.54. The van der Waals surface area contributed by atoms with E-state index in [4.69, 9.17) is 0 Å². The summed E-state index contributed by atoms with van der Waals surface area (Å²) in [5.74, 6) is 0.392. The van der Waals surface area contributed by atoms with Gasteiger partial charge in [-0.1, -0.05) is 18.3 Å². The van der Waals surface area contributed by atoms with E-state index < -0.39 is 0 Å². The molecular formula is C7H8N4S. The van der Waals surface area contributed by atoms with Gasteiger partial charge in [0.2, 0.25) is 0 Å². The molecular weight excluding hydrogens is 172 g/mol. The van der Waals surface area contributed by atoms with Crippen LogP contribution in [0.15, 0.2) is 6.07 Å². The van der Waals surface area contributed by atoms with Crippen LogP contribution >= 0.6 is 11.5 Å². The van der Waals surface area contributed by atoms with Crippen molar-refractivity contribution in [2.45, 2.75) is 19.8 Å². The van der Waals surface area contributed by atoms with Gasteiger partial charge in [-0.15, -0.1) is 10.2 Å². The summed E-state index contributed by atoms with van der Waals surface area (Å²) < 4.78 is 3.79. The van der Waals surface area contributed by atoms with Gasteiger partial charge in [-0.2, -0.15) is 5.10 Å². The maximum absolute atomic E-state index is 4.06. The molecule has 2 heterocycles. The third kappa shape index (κ3) is 1.16. The second-order valence-electron chi connectivity index (χ2n) is 2.89. The zero-order valence-corrected chi connectivity index (χ0v) is 7.67. The smallest absolute Gasteiger partial charge is 0.154 e. The molecule has 62 valence electrons. The lowest BCUT2D eigenvalue weighted by Crippen LogP contribution is -1.94. The molecule has 0 N–H and O–H groups in total. The molecule has 0 atom stereocenters. The topological polar surface area (TPSA) is 51.6 Å². The minimum absolute atomic E-state index is 0.392. The Kier molecular flexibility index (Phi) is 1.73. The monoisotopic (exact) mass is 180 g/mol. The summed E-state index contributed by atoms with van der Waals surface area (Å²) >= 11 is 1.27. The Labute approximate surface area is 73.8 Å². The molecule has 2 aromatic heterocycles. The fourth-order valence-corrected chi connectivity index (χ4v) is 1.38. The lowest BCUT2D eigenvalue weighted by Gasteiger charge is -1.99. The molecule has 0 amide bonds. The Hall–Kier alpha value is -1.10. The van der Waals surface area contributed by atoms with E-state index in [2.05, 4.69) is 33.6 Å². The quantitative estimate of drug-likeness (QED) is 0.669. The molecule has 0 aliphatic carbocycles. The van der Waals surface area contributed by atoms with E-state index in [9.17, 15) is 0 Å². The highest BCUT2D eigenvalue weighted by molar-refractivity contribution is 7.12. The van der Waals surface area contributed by atoms with Crippen molar-refractivity contribution in [1.82, 2.24) is 19.8 Å². The van der Waals surface area contributed by atoms with Gasteiger partial charge in [-0.25, -0.2) is 0 Å². The lowest BCUT2D eigenvalue weighted by molar-refractivity contribution is 0.795. The molecule has 0 fully saturated rings. The molecule has 0 aliphatic rings. The van der Waals surface area contributed by atoms with Gasteiger partial charge >= 0.3 is 0 Å². The zero-order valence-electron chi connectivity index (χ0n) is 6.85. The summed E-state index contributed by atoms with van der Waals surface area (Å²) in [6.07, 6.45) is 0. The Bertz CT molecular complexity index is 395. The minimum atomic E-state index is 0.392. The molecule has 2 aromatic rings. The van der Waals surface area contributed by atoms with Crippen molar-refractivity contribution in [2.75, 3.05) is 0 Å². The highest BCUT2D eigenvalue weighted by Gasteiger charge is 2.05. The number of aromatic nitrogens is 4. The first-order valence-electron chi connectivity index (χ1n) is 3.73. The van der Waals surface area contributed by atoms with Crippen LogP contribution in [0.2, 0.25) is 0 Å². The van der Waals surface area contributed by atoms with Crippen LogP contribution in [0.1, 0.15) is 25.5 Å². The van der Waals surface area contributed by atoms with Crippen LogP contribution in [0.3, 0.4) is 0 Å². The molecule has 0 radical (unpaired) electrons. The van der Waals surface area contributed by atoms with E-state index in [1.165, 1.54) is 11.5 Å². The van der Waals surface area contributed by atoms with Crippen molar-refractivity contribution < 1.29 is 0 Å². The summed E-state index contributed by atoms with van der Waals surface area (Å²) in [6.45, 7) is 4.16. The summed E-state index contributed by atoms with van der Waals surface area (Å²) in [5.41, 5.74) is 1.81. The van der Waals surface area contributed by atoms with E-state index in [0.29, 0.717) is 5.92 Å². The van der Waals surface area contributed by atoms with Gasteiger partial charge in [-0.3, -0.25) is 0 Å². The van der Waals surface area contributed by atoms with Crippen LogP contribution < -0.4 is 0 Å². The SMILES string of the molecule is CC(C)c1cc2nnsc2nn1. The molecule has 0 spiro atoms.